The van der Waals surface area contributed by atoms with Crippen LogP contribution in [0.3, 0.4) is 0 Å². The van der Waals surface area contributed by atoms with Crippen LogP contribution < -0.4 is 5.56 Å². The van der Waals surface area contributed by atoms with Crippen molar-refractivity contribution in [2.24, 2.45) is 0 Å². The van der Waals surface area contributed by atoms with Crippen LogP contribution in [0.4, 0.5) is 0 Å². The number of carbonyl (C=O) groups is 1. The standard InChI is InChI=1S/C7H6N2O2S/c1-4-2-5(10)9-6(11)3-12-7(9)8-4/h2H,3H2,1H3. The van der Waals surface area contributed by atoms with E-state index in [0.717, 1.165) is 4.57 Å². The first-order valence-electron chi connectivity index (χ1n) is 3.45. The molecular weight excluding hydrogens is 176 g/mol. The van der Waals surface area contributed by atoms with E-state index in [1.54, 1.807) is 6.92 Å². The van der Waals surface area contributed by atoms with Gasteiger partial charge in [-0.25, -0.2) is 9.55 Å². The highest BCUT2D eigenvalue weighted by Gasteiger charge is 2.21. The summed E-state index contributed by atoms with van der Waals surface area (Å²) < 4.78 is 1.12. The van der Waals surface area contributed by atoms with Crippen molar-refractivity contribution in [3.63, 3.8) is 0 Å². The molecule has 0 fully saturated rings. The van der Waals surface area contributed by atoms with Gasteiger partial charge in [0.05, 0.1) is 5.75 Å². The first-order valence-corrected chi connectivity index (χ1v) is 4.44. The van der Waals surface area contributed by atoms with E-state index in [2.05, 4.69) is 4.98 Å². The van der Waals surface area contributed by atoms with E-state index in [1.165, 1.54) is 17.8 Å². The molecule has 0 unspecified atom stereocenters. The van der Waals surface area contributed by atoms with Crippen molar-refractivity contribution in [1.82, 2.24) is 9.55 Å². The van der Waals surface area contributed by atoms with E-state index in [-0.39, 0.29) is 11.5 Å². The van der Waals surface area contributed by atoms with Crippen LogP contribution >= 0.6 is 11.8 Å². The van der Waals surface area contributed by atoms with Crippen molar-refractivity contribution < 1.29 is 4.79 Å². The van der Waals surface area contributed by atoms with Crippen LogP contribution in [0, 0.1) is 6.92 Å². The van der Waals surface area contributed by atoms with E-state index in [9.17, 15) is 9.59 Å². The highest BCUT2D eigenvalue weighted by Crippen LogP contribution is 2.20. The van der Waals surface area contributed by atoms with Crippen LogP contribution in [0.5, 0.6) is 0 Å². The molecule has 0 spiro atoms. The van der Waals surface area contributed by atoms with Gasteiger partial charge in [0.25, 0.3) is 5.56 Å². The lowest BCUT2D eigenvalue weighted by Gasteiger charge is -1.98. The number of fused-ring (bicyclic) bond motifs is 1. The summed E-state index contributed by atoms with van der Waals surface area (Å²) in [5.41, 5.74) is 0.390. The first kappa shape index (κ1) is 7.54. The number of hydrogen-bond donors (Lipinski definition) is 0. The fourth-order valence-corrected chi connectivity index (χ4v) is 2.00. The average Bonchev–Trinajstić information content (AvgIpc) is 2.31. The van der Waals surface area contributed by atoms with Crippen molar-refractivity contribution in [3.8, 4) is 0 Å². The molecule has 2 heterocycles. The molecule has 1 aromatic heterocycles. The molecule has 1 aromatic rings. The number of aromatic nitrogens is 2. The lowest BCUT2D eigenvalue weighted by molar-refractivity contribution is 0.0933. The molecule has 0 aromatic carbocycles. The Hall–Kier alpha value is -1.10. The molecule has 0 bridgehead atoms. The Bertz CT molecular complexity index is 410. The third-order valence-corrected chi connectivity index (χ3v) is 2.51. The minimum absolute atomic E-state index is 0.174. The highest BCUT2D eigenvalue weighted by molar-refractivity contribution is 8.00. The molecule has 0 amide bonds. The molecule has 12 heavy (non-hydrogen) atoms. The summed E-state index contributed by atoms with van der Waals surface area (Å²) in [6.45, 7) is 1.74. The molecule has 0 saturated carbocycles. The van der Waals surface area contributed by atoms with Gasteiger partial charge in [0.2, 0.25) is 5.91 Å². The predicted octanol–water partition coefficient (Wildman–Crippen LogP) is 0.298. The van der Waals surface area contributed by atoms with Gasteiger partial charge in [0.1, 0.15) is 0 Å². The normalized spacial score (nSPS) is 14.9. The van der Waals surface area contributed by atoms with Crippen LogP contribution in [-0.4, -0.2) is 21.2 Å². The Kier molecular flexibility index (Phi) is 1.54. The maximum absolute atomic E-state index is 11.2. The maximum atomic E-state index is 11.2. The molecule has 0 aliphatic carbocycles. The van der Waals surface area contributed by atoms with Crippen LogP contribution in [0.25, 0.3) is 0 Å². The van der Waals surface area contributed by atoms with Crippen molar-refractivity contribution >= 4 is 17.7 Å². The minimum Gasteiger partial charge on any atom is -0.273 e. The van der Waals surface area contributed by atoms with Gasteiger partial charge in [-0.1, -0.05) is 11.8 Å². The maximum Gasteiger partial charge on any atom is 0.261 e. The van der Waals surface area contributed by atoms with Crippen LogP contribution in [0.15, 0.2) is 16.0 Å². The summed E-state index contributed by atoms with van der Waals surface area (Å²) in [4.78, 5) is 26.4. The third-order valence-electron chi connectivity index (χ3n) is 1.59. The average molecular weight is 182 g/mol. The quantitative estimate of drug-likeness (QED) is 0.541. The van der Waals surface area contributed by atoms with E-state index in [0.29, 0.717) is 16.6 Å². The third kappa shape index (κ3) is 0.972. The monoisotopic (exact) mass is 182 g/mol. The van der Waals surface area contributed by atoms with Gasteiger partial charge in [-0.2, -0.15) is 0 Å². The highest BCUT2D eigenvalue weighted by atomic mass is 32.2. The van der Waals surface area contributed by atoms with Gasteiger partial charge in [0, 0.05) is 11.8 Å². The number of aryl methyl sites for hydroxylation is 1. The second-order valence-corrected chi connectivity index (χ2v) is 3.48. The Balaban J connectivity index is 2.77. The molecule has 62 valence electrons. The molecule has 4 nitrogen and oxygen atoms in total. The number of carbonyl (C=O) groups excluding carboxylic acids is 1. The van der Waals surface area contributed by atoms with Gasteiger partial charge < -0.3 is 0 Å². The zero-order valence-corrected chi connectivity index (χ0v) is 7.22. The Morgan fingerprint density at radius 1 is 1.58 bits per heavy atom. The van der Waals surface area contributed by atoms with Crippen molar-refractivity contribution in [1.29, 1.82) is 0 Å². The molecule has 1 aliphatic heterocycles. The molecule has 1 aliphatic rings. The fraction of sp³-hybridized carbons (Fsp3) is 0.286. The van der Waals surface area contributed by atoms with Gasteiger partial charge >= 0.3 is 0 Å². The Morgan fingerprint density at radius 2 is 2.33 bits per heavy atom. The molecular formula is C7H6N2O2S. The van der Waals surface area contributed by atoms with E-state index < -0.39 is 0 Å². The van der Waals surface area contributed by atoms with Gasteiger partial charge in [-0.3, -0.25) is 9.59 Å². The van der Waals surface area contributed by atoms with Crippen LogP contribution in [0.2, 0.25) is 0 Å². The van der Waals surface area contributed by atoms with Gasteiger partial charge in [-0.05, 0) is 6.92 Å². The number of thioether (sulfide) groups is 1. The van der Waals surface area contributed by atoms with Crippen molar-refractivity contribution in [2.75, 3.05) is 5.75 Å². The summed E-state index contributed by atoms with van der Waals surface area (Å²) >= 11 is 1.31. The summed E-state index contributed by atoms with van der Waals surface area (Å²) in [7, 11) is 0. The summed E-state index contributed by atoms with van der Waals surface area (Å²) in [6.07, 6.45) is 0. The van der Waals surface area contributed by atoms with E-state index >= 15 is 0 Å². The zero-order chi connectivity index (χ0) is 8.72. The molecule has 2 rings (SSSR count). The zero-order valence-electron chi connectivity index (χ0n) is 6.40. The number of nitrogens with zero attached hydrogens (tertiary/aromatic N) is 2. The van der Waals surface area contributed by atoms with Crippen LogP contribution in [0.1, 0.15) is 10.5 Å². The van der Waals surface area contributed by atoms with E-state index in [4.69, 9.17) is 0 Å². The lowest BCUT2D eigenvalue weighted by Crippen LogP contribution is -2.25. The SMILES string of the molecule is Cc1cc(=O)n2c(n1)SCC2=O. The topological polar surface area (TPSA) is 52.0 Å². The molecule has 0 atom stereocenters. The van der Waals surface area contributed by atoms with Gasteiger partial charge in [-0.15, -0.1) is 0 Å². The largest absolute Gasteiger partial charge is 0.273 e. The Labute approximate surface area is 72.6 Å². The second-order valence-electron chi connectivity index (χ2n) is 2.54. The van der Waals surface area contributed by atoms with E-state index in [1.807, 2.05) is 0 Å². The minimum atomic E-state index is -0.271. The smallest absolute Gasteiger partial charge is 0.261 e. The first-order chi connectivity index (χ1) is 5.68. The number of hydrogen-bond acceptors (Lipinski definition) is 4. The van der Waals surface area contributed by atoms with Crippen LogP contribution in [-0.2, 0) is 0 Å². The summed E-state index contributed by atoms with van der Waals surface area (Å²) in [5.74, 6) is 0.151. The summed E-state index contributed by atoms with van der Waals surface area (Å²) in [6, 6.07) is 1.37. The van der Waals surface area contributed by atoms with Crippen molar-refractivity contribution in [3.05, 3.63) is 22.1 Å². The summed E-state index contributed by atoms with van der Waals surface area (Å²) in [5, 5.41) is 0.519. The predicted molar refractivity (Wildman–Crippen MR) is 44.6 cm³/mol. The Morgan fingerprint density at radius 3 is 3.08 bits per heavy atom. The molecule has 0 saturated heterocycles. The molecule has 5 heteroatoms. The fourth-order valence-electron chi connectivity index (χ4n) is 1.09. The molecule has 0 radical (unpaired) electrons. The second kappa shape index (κ2) is 2.45. The number of rotatable bonds is 0. The lowest BCUT2D eigenvalue weighted by atomic mass is 10.4. The van der Waals surface area contributed by atoms with Gasteiger partial charge in [0.15, 0.2) is 5.16 Å². The van der Waals surface area contributed by atoms with Crippen molar-refractivity contribution in [2.45, 2.75) is 12.1 Å². The molecule has 0 N–H and O–H groups in total.